The third kappa shape index (κ3) is 3.97. The standard InChI is InChI=1S/C20H27NO3/c22-19(16-8-4-9-17(14-16)20(23)24)21-13-5-10-18(21)12-11-15-6-2-1-3-7-15/h1-3,6-7,16-18H,4-5,8-14H2,(H,23,24). The number of carbonyl (C=O) groups is 2. The normalized spacial score (nSPS) is 27.2. The van der Waals surface area contributed by atoms with Crippen molar-refractivity contribution < 1.29 is 14.7 Å². The zero-order valence-electron chi connectivity index (χ0n) is 14.2. The van der Waals surface area contributed by atoms with E-state index in [4.69, 9.17) is 0 Å². The van der Waals surface area contributed by atoms with Crippen LogP contribution in [0.4, 0.5) is 0 Å². The summed E-state index contributed by atoms with van der Waals surface area (Å²) >= 11 is 0. The van der Waals surface area contributed by atoms with Crippen LogP contribution in [-0.2, 0) is 16.0 Å². The van der Waals surface area contributed by atoms with E-state index in [0.717, 1.165) is 51.5 Å². The molecule has 3 unspecified atom stereocenters. The molecule has 0 radical (unpaired) electrons. The number of carboxylic acids is 1. The highest BCUT2D eigenvalue weighted by Crippen LogP contribution is 2.33. The van der Waals surface area contributed by atoms with Gasteiger partial charge in [0.25, 0.3) is 0 Å². The van der Waals surface area contributed by atoms with Crippen LogP contribution in [0.1, 0.15) is 50.5 Å². The highest BCUT2D eigenvalue weighted by molar-refractivity contribution is 5.80. The molecule has 130 valence electrons. The number of likely N-dealkylation sites (tertiary alicyclic amines) is 1. The SMILES string of the molecule is O=C(O)C1CCCC(C(=O)N2CCCC2CCc2ccccc2)C1. The van der Waals surface area contributed by atoms with Gasteiger partial charge in [-0.2, -0.15) is 0 Å². The van der Waals surface area contributed by atoms with Gasteiger partial charge in [-0.05, 0) is 50.5 Å². The second kappa shape index (κ2) is 7.82. The molecule has 1 saturated carbocycles. The molecule has 2 fully saturated rings. The Kier molecular flexibility index (Phi) is 5.54. The van der Waals surface area contributed by atoms with Gasteiger partial charge in [0.2, 0.25) is 5.91 Å². The summed E-state index contributed by atoms with van der Waals surface area (Å²) in [6.45, 7) is 0.840. The molecule has 1 aliphatic heterocycles. The predicted molar refractivity (Wildman–Crippen MR) is 92.6 cm³/mol. The molecule has 3 rings (SSSR count). The summed E-state index contributed by atoms with van der Waals surface area (Å²) in [5.41, 5.74) is 1.32. The van der Waals surface area contributed by atoms with Crippen LogP contribution in [0.3, 0.4) is 0 Å². The first-order valence-corrected chi connectivity index (χ1v) is 9.22. The minimum Gasteiger partial charge on any atom is -0.481 e. The number of carboxylic acid groups (broad SMARTS) is 1. The van der Waals surface area contributed by atoms with Crippen molar-refractivity contribution in [3.63, 3.8) is 0 Å². The number of amides is 1. The Labute approximate surface area is 143 Å². The van der Waals surface area contributed by atoms with Crippen LogP contribution in [0.5, 0.6) is 0 Å². The molecule has 4 nitrogen and oxygen atoms in total. The Morgan fingerprint density at radius 1 is 1.04 bits per heavy atom. The summed E-state index contributed by atoms with van der Waals surface area (Å²) in [5.74, 6) is -0.957. The van der Waals surface area contributed by atoms with Crippen molar-refractivity contribution in [3.8, 4) is 0 Å². The molecule has 2 aliphatic rings. The Balaban J connectivity index is 1.58. The maximum absolute atomic E-state index is 12.9. The van der Waals surface area contributed by atoms with Crippen LogP contribution in [0.25, 0.3) is 0 Å². The van der Waals surface area contributed by atoms with Crippen molar-refractivity contribution in [1.29, 1.82) is 0 Å². The van der Waals surface area contributed by atoms with E-state index in [1.165, 1.54) is 5.56 Å². The van der Waals surface area contributed by atoms with Gasteiger partial charge in [0.1, 0.15) is 0 Å². The summed E-state index contributed by atoms with van der Waals surface area (Å²) in [6.07, 6.45) is 7.10. The summed E-state index contributed by atoms with van der Waals surface area (Å²) < 4.78 is 0. The number of hydrogen-bond donors (Lipinski definition) is 1. The molecule has 24 heavy (non-hydrogen) atoms. The van der Waals surface area contributed by atoms with E-state index in [1.807, 2.05) is 6.07 Å². The second-order valence-corrected chi connectivity index (χ2v) is 7.25. The van der Waals surface area contributed by atoms with E-state index in [1.54, 1.807) is 0 Å². The molecule has 3 atom stereocenters. The summed E-state index contributed by atoms with van der Waals surface area (Å²) in [5, 5.41) is 9.24. The summed E-state index contributed by atoms with van der Waals surface area (Å²) in [7, 11) is 0. The van der Waals surface area contributed by atoms with Crippen molar-refractivity contribution in [3.05, 3.63) is 35.9 Å². The highest BCUT2D eigenvalue weighted by atomic mass is 16.4. The molecule has 1 N–H and O–H groups in total. The number of rotatable bonds is 5. The number of nitrogens with zero attached hydrogens (tertiary/aromatic N) is 1. The van der Waals surface area contributed by atoms with Gasteiger partial charge in [-0.1, -0.05) is 36.8 Å². The maximum atomic E-state index is 12.9. The Bertz CT molecular complexity index is 572. The molecular weight excluding hydrogens is 302 g/mol. The third-order valence-electron chi connectivity index (χ3n) is 5.64. The van der Waals surface area contributed by atoms with Crippen LogP contribution in [0.15, 0.2) is 30.3 Å². The fraction of sp³-hybridized carbons (Fsp3) is 0.600. The molecule has 0 aromatic heterocycles. The van der Waals surface area contributed by atoms with Crippen molar-refractivity contribution >= 4 is 11.9 Å². The predicted octanol–water partition coefficient (Wildman–Crippen LogP) is 3.50. The Morgan fingerprint density at radius 3 is 2.54 bits per heavy atom. The fourth-order valence-electron chi connectivity index (χ4n) is 4.28. The molecule has 1 saturated heterocycles. The second-order valence-electron chi connectivity index (χ2n) is 7.25. The lowest BCUT2D eigenvalue weighted by molar-refractivity contribution is -0.145. The van der Waals surface area contributed by atoms with Crippen LogP contribution >= 0.6 is 0 Å². The molecule has 0 spiro atoms. The molecule has 0 bridgehead atoms. The smallest absolute Gasteiger partial charge is 0.306 e. The van der Waals surface area contributed by atoms with E-state index in [-0.39, 0.29) is 17.7 Å². The summed E-state index contributed by atoms with van der Waals surface area (Å²) in [4.78, 5) is 26.2. The lowest BCUT2D eigenvalue weighted by atomic mass is 9.80. The average molecular weight is 329 g/mol. The van der Waals surface area contributed by atoms with Crippen molar-refractivity contribution in [2.75, 3.05) is 6.54 Å². The zero-order valence-corrected chi connectivity index (χ0v) is 14.2. The van der Waals surface area contributed by atoms with Gasteiger partial charge < -0.3 is 10.0 Å². The van der Waals surface area contributed by atoms with E-state index < -0.39 is 5.97 Å². The molecule has 1 amide bonds. The Hall–Kier alpha value is -1.84. The third-order valence-corrected chi connectivity index (χ3v) is 5.64. The van der Waals surface area contributed by atoms with Gasteiger partial charge >= 0.3 is 5.97 Å². The molecule has 1 heterocycles. The van der Waals surface area contributed by atoms with E-state index in [9.17, 15) is 14.7 Å². The molecule has 1 aromatic rings. The van der Waals surface area contributed by atoms with Gasteiger partial charge in [0.15, 0.2) is 0 Å². The largest absolute Gasteiger partial charge is 0.481 e. The van der Waals surface area contributed by atoms with Gasteiger partial charge in [0, 0.05) is 18.5 Å². The van der Waals surface area contributed by atoms with Crippen LogP contribution in [-0.4, -0.2) is 34.5 Å². The van der Waals surface area contributed by atoms with Crippen LogP contribution in [0.2, 0.25) is 0 Å². The number of hydrogen-bond acceptors (Lipinski definition) is 2. The minimum absolute atomic E-state index is 0.0859. The summed E-state index contributed by atoms with van der Waals surface area (Å²) in [6, 6.07) is 10.7. The monoisotopic (exact) mass is 329 g/mol. The van der Waals surface area contributed by atoms with Gasteiger partial charge in [-0.25, -0.2) is 0 Å². The zero-order chi connectivity index (χ0) is 16.9. The topological polar surface area (TPSA) is 57.6 Å². The van der Waals surface area contributed by atoms with Crippen LogP contribution in [0, 0.1) is 11.8 Å². The number of aryl methyl sites for hydroxylation is 1. The lowest BCUT2D eigenvalue weighted by Gasteiger charge is -2.32. The van der Waals surface area contributed by atoms with Gasteiger partial charge in [0.05, 0.1) is 5.92 Å². The average Bonchev–Trinajstić information content (AvgIpc) is 3.09. The quantitative estimate of drug-likeness (QED) is 0.899. The molecular formula is C20H27NO3. The van der Waals surface area contributed by atoms with Crippen molar-refractivity contribution in [2.24, 2.45) is 11.8 Å². The first-order valence-electron chi connectivity index (χ1n) is 9.22. The number of aliphatic carboxylic acids is 1. The lowest BCUT2D eigenvalue weighted by Crippen LogP contribution is -2.42. The molecule has 1 aromatic carbocycles. The minimum atomic E-state index is -0.741. The first-order chi connectivity index (χ1) is 11.6. The van der Waals surface area contributed by atoms with Crippen LogP contribution < -0.4 is 0 Å². The van der Waals surface area contributed by atoms with E-state index in [0.29, 0.717) is 12.5 Å². The van der Waals surface area contributed by atoms with E-state index in [2.05, 4.69) is 29.2 Å². The number of carbonyl (C=O) groups excluding carboxylic acids is 1. The number of benzene rings is 1. The Morgan fingerprint density at radius 2 is 1.79 bits per heavy atom. The van der Waals surface area contributed by atoms with Crippen molar-refractivity contribution in [1.82, 2.24) is 4.90 Å². The van der Waals surface area contributed by atoms with Gasteiger partial charge in [-0.15, -0.1) is 0 Å². The van der Waals surface area contributed by atoms with Crippen molar-refractivity contribution in [2.45, 2.75) is 57.4 Å². The van der Waals surface area contributed by atoms with E-state index >= 15 is 0 Å². The molecule has 1 aliphatic carbocycles. The first kappa shape index (κ1) is 17.0. The highest BCUT2D eigenvalue weighted by Gasteiger charge is 2.36. The maximum Gasteiger partial charge on any atom is 0.306 e. The fourth-order valence-corrected chi connectivity index (χ4v) is 4.28. The molecule has 4 heteroatoms. The van der Waals surface area contributed by atoms with Gasteiger partial charge in [-0.3, -0.25) is 9.59 Å².